The van der Waals surface area contributed by atoms with Crippen LogP contribution in [0, 0.1) is 0 Å². The number of carboxylic acid groups (broad SMARTS) is 1. The zero-order valence-electron chi connectivity index (χ0n) is 9.85. The summed E-state index contributed by atoms with van der Waals surface area (Å²) in [5, 5.41) is 17.8. The van der Waals surface area contributed by atoms with Crippen LogP contribution >= 0.6 is 0 Å². The van der Waals surface area contributed by atoms with Crippen LogP contribution in [-0.4, -0.2) is 28.6 Å². The summed E-state index contributed by atoms with van der Waals surface area (Å²) in [6.45, 7) is 0.479. The molecule has 0 aliphatic rings. The molecule has 0 fully saturated rings. The van der Waals surface area contributed by atoms with Crippen LogP contribution < -0.4 is 10.9 Å². The Kier molecular flexibility index (Phi) is 5.66. The molecule has 0 unspecified atom stereocenters. The number of phenols is 1. The number of hydrogen-bond donors (Lipinski definition) is 4. The second-order valence-electron chi connectivity index (χ2n) is 3.75. The summed E-state index contributed by atoms with van der Waals surface area (Å²) in [5.74, 6) is -1.33. The van der Waals surface area contributed by atoms with Crippen LogP contribution in [0.1, 0.15) is 29.6 Å². The molecule has 0 aliphatic heterocycles. The molecule has 0 radical (unpaired) electrons. The monoisotopic (exact) mass is 252 g/mol. The molecule has 6 nitrogen and oxygen atoms in total. The predicted molar refractivity (Wildman–Crippen MR) is 65.1 cm³/mol. The highest BCUT2D eigenvalue weighted by Crippen LogP contribution is 2.14. The van der Waals surface area contributed by atoms with Gasteiger partial charge in [-0.2, -0.15) is 0 Å². The van der Waals surface area contributed by atoms with E-state index in [0.29, 0.717) is 19.4 Å². The summed E-state index contributed by atoms with van der Waals surface area (Å²) < 4.78 is 0. The van der Waals surface area contributed by atoms with Gasteiger partial charge < -0.3 is 10.2 Å². The Balaban J connectivity index is 2.22. The average molecular weight is 252 g/mol. The normalized spacial score (nSPS) is 10.0. The second kappa shape index (κ2) is 7.29. The van der Waals surface area contributed by atoms with Gasteiger partial charge in [0.05, 0.1) is 5.56 Å². The minimum Gasteiger partial charge on any atom is -0.507 e. The van der Waals surface area contributed by atoms with Crippen molar-refractivity contribution in [1.82, 2.24) is 10.9 Å². The third-order valence-corrected chi connectivity index (χ3v) is 2.29. The smallest absolute Gasteiger partial charge is 0.303 e. The number of hydrogen-bond acceptors (Lipinski definition) is 4. The van der Waals surface area contributed by atoms with Gasteiger partial charge in [-0.05, 0) is 25.0 Å². The third kappa shape index (κ3) is 4.84. The largest absolute Gasteiger partial charge is 0.507 e. The molecule has 0 saturated carbocycles. The van der Waals surface area contributed by atoms with E-state index >= 15 is 0 Å². The molecule has 1 amide bonds. The van der Waals surface area contributed by atoms with Crippen LogP contribution in [0.5, 0.6) is 5.75 Å². The van der Waals surface area contributed by atoms with Crippen molar-refractivity contribution in [1.29, 1.82) is 0 Å². The summed E-state index contributed by atoms with van der Waals surface area (Å²) in [6, 6.07) is 6.23. The lowest BCUT2D eigenvalue weighted by atomic mass is 10.2. The fraction of sp³-hybridized carbons (Fsp3) is 0.333. The molecule has 18 heavy (non-hydrogen) atoms. The zero-order chi connectivity index (χ0) is 13.4. The molecule has 1 rings (SSSR count). The molecular weight excluding hydrogens is 236 g/mol. The number of rotatable bonds is 7. The molecular formula is C12H16N2O4. The number of aliphatic carboxylic acids is 1. The summed E-state index contributed by atoms with van der Waals surface area (Å²) in [5.41, 5.74) is 5.30. The number of phenolic OH excluding ortho intramolecular Hbond substituents is 1. The molecule has 98 valence electrons. The maximum absolute atomic E-state index is 11.6. The van der Waals surface area contributed by atoms with Gasteiger partial charge in [0.15, 0.2) is 0 Å². The number of unbranched alkanes of at least 4 members (excludes halogenated alkanes) is 1. The number of hydrazine groups is 1. The molecule has 0 bridgehead atoms. The number of carbonyl (C=O) groups is 2. The van der Waals surface area contributed by atoms with Gasteiger partial charge in [0.1, 0.15) is 5.75 Å². The first-order chi connectivity index (χ1) is 8.61. The van der Waals surface area contributed by atoms with Gasteiger partial charge in [-0.3, -0.25) is 15.0 Å². The van der Waals surface area contributed by atoms with Gasteiger partial charge >= 0.3 is 5.97 Å². The Hall–Kier alpha value is -2.08. The first-order valence-corrected chi connectivity index (χ1v) is 5.64. The fourth-order valence-corrected chi connectivity index (χ4v) is 1.37. The van der Waals surface area contributed by atoms with Crippen molar-refractivity contribution in [3.63, 3.8) is 0 Å². The topological polar surface area (TPSA) is 98.7 Å². The predicted octanol–water partition coefficient (Wildman–Crippen LogP) is 0.881. The molecule has 0 atom stereocenters. The minimum absolute atomic E-state index is 0.0809. The highest BCUT2D eigenvalue weighted by atomic mass is 16.4. The Bertz CT molecular complexity index is 420. The van der Waals surface area contributed by atoms with E-state index in [0.717, 1.165) is 0 Å². The van der Waals surface area contributed by atoms with Crippen LogP contribution in [0.25, 0.3) is 0 Å². The Morgan fingerprint density at radius 2 is 1.89 bits per heavy atom. The maximum atomic E-state index is 11.6. The summed E-state index contributed by atoms with van der Waals surface area (Å²) >= 11 is 0. The number of para-hydroxylation sites is 1. The molecule has 6 heteroatoms. The van der Waals surface area contributed by atoms with E-state index in [2.05, 4.69) is 10.9 Å². The number of benzene rings is 1. The number of nitrogens with one attached hydrogen (secondary N) is 2. The van der Waals surface area contributed by atoms with E-state index in [-0.39, 0.29) is 17.7 Å². The Labute approximate surface area is 105 Å². The van der Waals surface area contributed by atoms with Crippen LogP contribution in [0.2, 0.25) is 0 Å². The molecule has 0 aliphatic carbocycles. The van der Waals surface area contributed by atoms with Gasteiger partial charge in [-0.15, -0.1) is 0 Å². The lowest BCUT2D eigenvalue weighted by Crippen LogP contribution is -2.37. The average Bonchev–Trinajstić information content (AvgIpc) is 2.33. The van der Waals surface area contributed by atoms with Gasteiger partial charge in [0.2, 0.25) is 0 Å². The molecule has 1 aromatic carbocycles. The standard InChI is InChI=1S/C12H16N2O4/c15-10-6-2-1-5-9(10)12(18)14-13-8-4-3-7-11(16)17/h1-2,5-6,13,15H,3-4,7-8H2,(H,14,18)(H,16,17). The Morgan fingerprint density at radius 1 is 1.17 bits per heavy atom. The molecule has 0 heterocycles. The van der Waals surface area contributed by atoms with Crippen LogP contribution in [0.15, 0.2) is 24.3 Å². The number of amides is 1. The first-order valence-electron chi connectivity index (χ1n) is 5.64. The molecule has 0 spiro atoms. The number of aromatic hydroxyl groups is 1. The quantitative estimate of drug-likeness (QED) is 0.426. The lowest BCUT2D eigenvalue weighted by molar-refractivity contribution is -0.137. The summed E-state index contributed by atoms with van der Waals surface area (Å²) in [6.07, 6.45) is 1.32. The highest BCUT2D eigenvalue weighted by Gasteiger charge is 2.08. The van der Waals surface area contributed by atoms with Crippen LogP contribution in [-0.2, 0) is 4.79 Å². The van der Waals surface area contributed by atoms with Gasteiger partial charge in [0.25, 0.3) is 5.91 Å². The van der Waals surface area contributed by atoms with Crippen molar-refractivity contribution in [3.05, 3.63) is 29.8 Å². The van der Waals surface area contributed by atoms with Crippen molar-refractivity contribution in [2.45, 2.75) is 19.3 Å². The highest BCUT2D eigenvalue weighted by molar-refractivity contribution is 5.96. The first kappa shape index (κ1) is 14.0. The zero-order valence-corrected chi connectivity index (χ0v) is 9.85. The molecule has 1 aromatic rings. The Morgan fingerprint density at radius 3 is 2.56 bits per heavy atom. The van der Waals surface area contributed by atoms with Crippen molar-refractivity contribution in [2.75, 3.05) is 6.54 Å². The lowest BCUT2D eigenvalue weighted by Gasteiger charge is -2.07. The molecule has 0 aromatic heterocycles. The van der Waals surface area contributed by atoms with E-state index in [4.69, 9.17) is 5.11 Å². The summed E-state index contributed by atoms with van der Waals surface area (Å²) in [4.78, 5) is 21.8. The SMILES string of the molecule is O=C(O)CCCCNNC(=O)c1ccccc1O. The second-order valence-corrected chi connectivity index (χ2v) is 3.75. The number of carboxylic acids is 1. The van der Waals surface area contributed by atoms with Crippen molar-refractivity contribution < 1.29 is 19.8 Å². The van der Waals surface area contributed by atoms with Gasteiger partial charge in [-0.1, -0.05) is 12.1 Å². The van der Waals surface area contributed by atoms with E-state index in [1.165, 1.54) is 12.1 Å². The minimum atomic E-state index is -0.826. The maximum Gasteiger partial charge on any atom is 0.303 e. The van der Waals surface area contributed by atoms with Crippen LogP contribution in [0.3, 0.4) is 0 Å². The van der Waals surface area contributed by atoms with Crippen LogP contribution in [0.4, 0.5) is 0 Å². The summed E-state index contributed by atoms with van der Waals surface area (Å²) in [7, 11) is 0. The van der Waals surface area contributed by atoms with E-state index in [9.17, 15) is 14.7 Å². The third-order valence-electron chi connectivity index (χ3n) is 2.29. The van der Waals surface area contributed by atoms with E-state index in [1.807, 2.05) is 0 Å². The van der Waals surface area contributed by atoms with Crippen molar-refractivity contribution in [3.8, 4) is 5.75 Å². The number of carbonyl (C=O) groups excluding carboxylic acids is 1. The van der Waals surface area contributed by atoms with Crippen molar-refractivity contribution in [2.24, 2.45) is 0 Å². The van der Waals surface area contributed by atoms with Gasteiger partial charge in [-0.25, -0.2) is 5.43 Å². The molecule has 0 saturated heterocycles. The van der Waals surface area contributed by atoms with E-state index < -0.39 is 11.9 Å². The van der Waals surface area contributed by atoms with Crippen molar-refractivity contribution >= 4 is 11.9 Å². The van der Waals surface area contributed by atoms with E-state index in [1.54, 1.807) is 12.1 Å². The molecule has 4 N–H and O–H groups in total. The fourth-order valence-electron chi connectivity index (χ4n) is 1.37. The van der Waals surface area contributed by atoms with Gasteiger partial charge in [0, 0.05) is 13.0 Å².